The Hall–Kier alpha value is -3.24. The summed E-state index contributed by atoms with van der Waals surface area (Å²) >= 11 is 0. The van der Waals surface area contributed by atoms with Crippen molar-refractivity contribution in [1.29, 1.82) is 0 Å². The van der Waals surface area contributed by atoms with Crippen molar-refractivity contribution >= 4 is 21.8 Å². The molecule has 0 unspecified atom stereocenters. The van der Waals surface area contributed by atoms with E-state index in [0.717, 1.165) is 15.1 Å². The van der Waals surface area contributed by atoms with Gasteiger partial charge in [-0.25, -0.2) is 26.6 Å². The standard InChI is InChI=1S/C24H26FN3O5S/c1-15-4-6-18(7-5-15)34(30,31)28-13-17(10-22(28)24(29)32-3)19-11-23(26-12-16(19)2)27-21-8-9-33-14-20(21)25/h4-7,10-13,20-21H,8-9,14H2,1-3H3,(H,26,27)/t20-,21-/m1/s1. The zero-order valence-corrected chi connectivity index (χ0v) is 19.9. The van der Waals surface area contributed by atoms with Gasteiger partial charge in [0.25, 0.3) is 10.0 Å². The Labute approximate surface area is 197 Å². The van der Waals surface area contributed by atoms with E-state index < -0.39 is 28.2 Å². The normalized spacial score (nSPS) is 18.5. The topological polar surface area (TPSA) is 99.5 Å². The predicted molar refractivity (Wildman–Crippen MR) is 125 cm³/mol. The molecule has 2 atom stereocenters. The number of ether oxygens (including phenoxy) is 2. The molecule has 10 heteroatoms. The number of alkyl halides is 1. The molecule has 4 rings (SSSR count). The van der Waals surface area contributed by atoms with Gasteiger partial charge in [0, 0.05) is 24.6 Å². The second-order valence-corrected chi connectivity index (χ2v) is 10.0. The van der Waals surface area contributed by atoms with Crippen molar-refractivity contribution < 1.29 is 27.1 Å². The highest BCUT2D eigenvalue weighted by Gasteiger charge is 2.27. The third-order valence-electron chi connectivity index (χ3n) is 5.79. The highest BCUT2D eigenvalue weighted by molar-refractivity contribution is 7.90. The number of pyridine rings is 1. The summed E-state index contributed by atoms with van der Waals surface area (Å²) in [4.78, 5) is 16.9. The van der Waals surface area contributed by atoms with E-state index in [9.17, 15) is 17.6 Å². The Morgan fingerprint density at radius 2 is 1.97 bits per heavy atom. The first-order valence-electron chi connectivity index (χ1n) is 10.8. The summed E-state index contributed by atoms with van der Waals surface area (Å²) in [5.41, 5.74) is 2.69. The maximum Gasteiger partial charge on any atom is 0.355 e. The number of rotatable bonds is 6. The summed E-state index contributed by atoms with van der Waals surface area (Å²) in [5, 5.41) is 3.10. The van der Waals surface area contributed by atoms with Crippen molar-refractivity contribution in [3.05, 3.63) is 65.6 Å². The lowest BCUT2D eigenvalue weighted by molar-refractivity contribution is 0.0285. The molecular formula is C24H26FN3O5S. The molecule has 0 bridgehead atoms. The zero-order chi connectivity index (χ0) is 24.5. The number of halogens is 1. The summed E-state index contributed by atoms with van der Waals surface area (Å²) in [6.45, 7) is 4.16. The number of nitrogens with one attached hydrogen (secondary N) is 1. The maximum atomic E-state index is 14.2. The van der Waals surface area contributed by atoms with Crippen LogP contribution in [-0.2, 0) is 19.5 Å². The second-order valence-electron chi connectivity index (χ2n) is 8.23. The van der Waals surface area contributed by atoms with E-state index in [2.05, 4.69) is 10.3 Å². The molecular weight excluding hydrogens is 461 g/mol. The molecule has 0 aliphatic carbocycles. The van der Waals surface area contributed by atoms with Gasteiger partial charge in [-0.15, -0.1) is 0 Å². The quantitative estimate of drug-likeness (QED) is 0.529. The van der Waals surface area contributed by atoms with Crippen molar-refractivity contribution in [3.63, 3.8) is 0 Å². The van der Waals surface area contributed by atoms with E-state index >= 15 is 0 Å². The number of aryl methyl sites for hydroxylation is 2. The van der Waals surface area contributed by atoms with Gasteiger partial charge in [-0.3, -0.25) is 0 Å². The molecule has 1 aromatic carbocycles. The molecule has 0 radical (unpaired) electrons. The molecule has 0 spiro atoms. The first kappa shape index (κ1) is 23.9. The maximum absolute atomic E-state index is 14.2. The summed E-state index contributed by atoms with van der Waals surface area (Å²) in [5.74, 6) is -0.335. The van der Waals surface area contributed by atoms with Crippen LogP contribution in [0.4, 0.5) is 10.2 Å². The molecule has 2 aromatic heterocycles. The van der Waals surface area contributed by atoms with Gasteiger partial charge in [0.05, 0.1) is 24.7 Å². The Kier molecular flexibility index (Phi) is 6.72. The number of benzene rings is 1. The summed E-state index contributed by atoms with van der Waals surface area (Å²) < 4.78 is 51.8. The SMILES string of the molecule is COC(=O)c1cc(-c2cc(N[C@@H]3CCOC[C@H]3F)ncc2C)cn1S(=O)(=O)c1ccc(C)cc1. The van der Waals surface area contributed by atoms with Gasteiger partial charge >= 0.3 is 5.97 Å². The number of hydrogen-bond donors (Lipinski definition) is 1. The van der Waals surface area contributed by atoms with Crippen LogP contribution in [0.5, 0.6) is 0 Å². The van der Waals surface area contributed by atoms with Gasteiger partial charge in [-0.1, -0.05) is 17.7 Å². The highest BCUT2D eigenvalue weighted by atomic mass is 32.2. The Morgan fingerprint density at radius 3 is 2.65 bits per heavy atom. The third-order valence-corrected chi connectivity index (χ3v) is 7.48. The molecule has 0 saturated carbocycles. The molecule has 0 amide bonds. The van der Waals surface area contributed by atoms with Crippen LogP contribution in [-0.4, -0.2) is 55.9 Å². The van der Waals surface area contributed by atoms with E-state index in [4.69, 9.17) is 9.47 Å². The first-order valence-corrected chi connectivity index (χ1v) is 12.2. The van der Waals surface area contributed by atoms with Gasteiger partial charge < -0.3 is 14.8 Å². The predicted octanol–water partition coefficient (Wildman–Crippen LogP) is 3.73. The molecule has 1 N–H and O–H groups in total. The number of carbonyl (C=O) groups excluding carboxylic acids is 1. The summed E-state index contributed by atoms with van der Waals surface area (Å²) in [6, 6.07) is 9.11. The van der Waals surface area contributed by atoms with Gasteiger partial charge in [-0.2, -0.15) is 0 Å². The molecule has 1 fully saturated rings. The van der Waals surface area contributed by atoms with Crippen molar-refractivity contribution in [1.82, 2.24) is 8.96 Å². The minimum atomic E-state index is -4.06. The van der Waals surface area contributed by atoms with Gasteiger partial charge in [-0.05, 0) is 55.7 Å². The molecule has 1 aliphatic heterocycles. The Bertz CT molecular complexity index is 1300. The van der Waals surface area contributed by atoms with Crippen molar-refractivity contribution in [2.24, 2.45) is 0 Å². The molecule has 3 aromatic rings. The molecule has 180 valence electrons. The third kappa shape index (κ3) is 4.69. The largest absolute Gasteiger partial charge is 0.464 e. The Morgan fingerprint density at radius 1 is 1.24 bits per heavy atom. The lowest BCUT2D eigenvalue weighted by Gasteiger charge is -2.27. The summed E-state index contributed by atoms with van der Waals surface area (Å²) in [6.07, 6.45) is 2.35. The monoisotopic (exact) mass is 487 g/mol. The lowest BCUT2D eigenvalue weighted by Crippen LogP contribution is -2.39. The van der Waals surface area contributed by atoms with Gasteiger partial charge in [0.2, 0.25) is 0 Å². The van der Waals surface area contributed by atoms with Crippen LogP contribution >= 0.6 is 0 Å². The second kappa shape index (κ2) is 9.55. The zero-order valence-electron chi connectivity index (χ0n) is 19.1. The number of aromatic nitrogens is 2. The molecule has 8 nitrogen and oxygen atoms in total. The molecule has 34 heavy (non-hydrogen) atoms. The number of nitrogens with zero attached hydrogens (tertiary/aromatic N) is 2. The van der Waals surface area contributed by atoms with Crippen LogP contribution in [0.2, 0.25) is 0 Å². The van der Waals surface area contributed by atoms with Gasteiger partial charge in [0.1, 0.15) is 17.7 Å². The first-order chi connectivity index (χ1) is 16.2. The van der Waals surface area contributed by atoms with Crippen LogP contribution in [0.1, 0.15) is 28.0 Å². The average molecular weight is 488 g/mol. The van der Waals surface area contributed by atoms with E-state index in [0.29, 0.717) is 30.0 Å². The van der Waals surface area contributed by atoms with E-state index in [1.54, 1.807) is 24.4 Å². The van der Waals surface area contributed by atoms with Crippen molar-refractivity contribution in [2.45, 2.75) is 37.4 Å². The fourth-order valence-electron chi connectivity index (χ4n) is 3.84. The molecule has 1 saturated heterocycles. The number of methoxy groups -OCH3 is 1. The van der Waals surface area contributed by atoms with Crippen LogP contribution in [0.3, 0.4) is 0 Å². The van der Waals surface area contributed by atoms with E-state index in [-0.39, 0.29) is 17.2 Å². The van der Waals surface area contributed by atoms with Crippen molar-refractivity contribution in [2.75, 3.05) is 25.6 Å². The van der Waals surface area contributed by atoms with Crippen LogP contribution < -0.4 is 5.32 Å². The van der Waals surface area contributed by atoms with Crippen LogP contribution in [0.15, 0.2) is 53.7 Å². The minimum absolute atomic E-state index is 0.0264. The lowest BCUT2D eigenvalue weighted by atomic mass is 10.0. The smallest absolute Gasteiger partial charge is 0.355 e. The van der Waals surface area contributed by atoms with E-state index in [1.165, 1.54) is 31.5 Å². The number of anilines is 1. The number of esters is 1. The van der Waals surface area contributed by atoms with E-state index in [1.807, 2.05) is 13.8 Å². The van der Waals surface area contributed by atoms with Gasteiger partial charge in [0.15, 0.2) is 0 Å². The highest BCUT2D eigenvalue weighted by Crippen LogP contribution is 2.30. The average Bonchev–Trinajstić information content (AvgIpc) is 3.28. The molecule has 3 heterocycles. The van der Waals surface area contributed by atoms with Crippen molar-refractivity contribution in [3.8, 4) is 11.1 Å². The number of hydrogen-bond acceptors (Lipinski definition) is 7. The number of carbonyl (C=O) groups is 1. The fraction of sp³-hybridized carbons (Fsp3) is 0.333. The van der Waals surface area contributed by atoms with Crippen LogP contribution in [0, 0.1) is 13.8 Å². The summed E-state index contributed by atoms with van der Waals surface area (Å²) in [7, 11) is -2.87. The minimum Gasteiger partial charge on any atom is -0.464 e. The Balaban J connectivity index is 1.76. The van der Waals surface area contributed by atoms with Crippen LogP contribution in [0.25, 0.3) is 11.1 Å². The fourth-order valence-corrected chi connectivity index (χ4v) is 5.18. The molecule has 1 aliphatic rings.